The molecule has 0 aliphatic carbocycles. The first-order valence-corrected chi connectivity index (χ1v) is 6.55. The van der Waals surface area contributed by atoms with Crippen LogP contribution < -0.4 is 0 Å². The number of aryl methyl sites for hydroxylation is 2. The van der Waals surface area contributed by atoms with Crippen molar-refractivity contribution in [2.45, 2.75) is 13.8 Å². The Bertz CT molecular complexity index is 478. The summed E-state index contributed by atoms with van der Waals surface area (Å²) in [6.07, 6.45) is 0. The Morgan fingerprint density at radius 3 is 2.10 bits per heavy atom. The monoisotopic (exact) mass is 278 g/mol. The minimum Gasteiger partial charge on any atom is -0.480 e. The average molecular weight is 278 g/mol. The molecule has 0 saturated heterocycles. The zero-order valence-electron chi connectivity index (χ0n) is 12.5. The number of benzene rings is 1. The fourth-order valence-electron chi connectivity index (χ4n) is 2.05. The maximum atomic E-state index is 12.6. The van der Waals surface area contributed by atoms with E-state index in [0.29, 0.717) is 18.7 Å². The third-order valence-corrected chi connectivity index (χ3v) is 3.13. The van der Waals surface area contributed by atoms with Crippen molar-refractivity contribution >= 4 is 11.9 Å². The third kappa shape index (κ3) is 4.35. The lowest BCUT2D eigenvalue weighted by Gasteiger charge is -2.24. The summed E-state index contributed by atoms with van der Waals surface area (Å²) >= 11 is 0. The van der Waals surface area contributed by atoms with Crippen LogP contribution in [0.2, 0.25) is 0 Å². The minimum atomic E-state index is -0.997. The molecular weight excluding hydrogens is 256 g/mol. The van der Waals surface area contributed by atoms with Gasteiger partial charge >= 0.3 is 5.97 Å². The van der Waals surface area contributed by atoms with Gasteiger partial charge in [-0.1, -0.05) is 18.2 Å². The van der Waals surface area contributed by atoms with E-state index in [0.717, 1.165) is 11.1 Å². The lowest BCUT2D eigenvalue weighted by Crippen LogP contribution is -2.40. The minimum absolute atomic E-state index is 0.218. The molecule has 5 nitrogen and oxygen atoms in total. The Morgan fingerprint density at radius 1 is 1.10 bits per heavy atom. The summed E-state index contributed by atoms with van der Waals surface area (Å²) in [5.41, 5.74) is 2.35. The van der Waals surface area contributed by atoms with Crippen molar-refractivity contribution in [3.05, 3.63) is 34.9 Å². The molecule has 110 valence electrons. The summed E-state index contributed by atoms with van der Waals surface area (Å²) in [5, 5.41) is 8.98. The normalized spacial score (nSPS) is 10.7. The zero-order chi connectivity index (χ0) is 15.3. The molecule has 1 aromatic rings. The van der Waals surface area contributed by atoms with Gasteiger partial charge in [0, 0.05) is 18.7 Å². The quantitative estimate of drug-likeness (QED) is 0.854. The highest BCUT2D eigenvalue weighted by molar-refractivity contribution is 5.98. The number of carboxylic acid groups (broad SMARTS) is 1. The third-order valence-electron chi connectivity index (χ3n) is 3.13. The van der Waals surface area contributed by atoms with E-state index >= 15 is 0 Å². The number of hydrogen-bond acceptors (Lipinski definition) is 3. The van der Waals surface area contributed by atoms with Crippen molar-refractivity contribution in [3.63, 3.8) is 0 Å². The summed E-state index contributed by atoms with van der Waals surface area (Å²) in [4.78, 5) is 26.8. The maximum Gasteiger partial charge on any atom is 0.323 e. The summed E-state index contributed by atoms with van der Waals surface area (Å²) in [7, 11) is 3.78. The van der Waals surface area contributed by atoms with E-state index in [2.05, 4.69) is 0 Å². The number of carbonyl (C=O) groups is 2. The van der Waals surface area contributed by atoms with Gasteiger partial charge in [0.2, 0.25) is 0 Å². The SMILES string of the molecule is Cc1cccc(C)c1C(=O)N(CCN(C)C)CC(=O)O. The molecule has 20 heavy (non-hydrogen) atoms. The number of hydrogen-bond donors (Lipinski definition) is 1. The van der Waals surface area contributed by atoms with Gasteiger partial charge in [0.05, 0.1) is 0 Å². The van der Waals surface area contributed by atoms with E-state index in [4.69, 9.17) is 5.11 Å². The molecule has 0 heterocycles. The summed E-state index contributed by atoms with van der Waals surface area (Å²) in [6, 6.07) is 5.62. The highest BCUT2D eigenvalue weighted by Gasteiger charge is 2.21. The fourth-order valence-corrected chi connectivity index (χ4v) is 2.05. The van der Waals surface area contributed by atoms with Gasteiger partial charge in [-0.2, -0.15) is 0 Å². The van der Waals surface area contributed by atoms with Gasteiger partial charge in [-0.05, 0) is 39.1 Å². The van der Waals surface area contributed by atoms with E-state index in [1.165, 1.54) is 4.90 Å². The molecule has 0 fully saturated rings. The molecule has 0 spiro atoms. The smallest absolute Gasteiger partial charge is 0.323 e. The molecule has 0 radical (unpaired) electrons. The van der Waals surface area contributed by atoms with Gasteiger partial charge in [-0.25, -0.2) is 0 Å². The van der Waals surface area contributed by atoms with Crippen LogP contribution in [0.1, 0.15) is 21.5 Å². The van der Waals surface area contributed by atoms with Crippen LogP contribution in [0.15, 0.2) is 18.2 Å². The van der Waals surface area contributed by atoms with Gasteiger partial charge in [-0.15, -0.1) is 0 Å². The molecule has 1 aromatic carbocycles. The first kappa shape index (κ1) is 16.2. The Labute approximate surface area is 119 Å². The van der Waals surface area contributed by atoms with Crippen LogP contribution in [0.5, 0.6) is 0 Å². The van der Waals surface area contributed by atoms with Gasteiger partial charge in [-0.3, -0.25) is 9.59 Å². The van der Waals surface area contributed by atoms with Crippen LogP contribution in [-0.2, 0) is 4.79 Å². The topological polar surface area (TPSA) is 60.9 Å². The van der Waals surface area contributed by atoms with E-state index in [1.807, 2.05) is 51.0 Å². The van der Waals surface area contributed by atoms with Crippen molar-refractivity contribution < 1.29 is 14.7 Å². The van der Waals surface area contributed by atoms with Crippen LogP contribution >= 0.6 is 0 Å². The number of nitrogens with zero attached hydrogens (tertiary/aromatic N) is 2. The summed E-state index contributed by atoms with van der Waals surface area (Å²) in [5.74, 6) is -1.21. The van der Waals surface area contributed by atoms with Crippen LogP contribution in [0, 0.1) is 13.8 Å². The van der Waals surface area contributed by atoms with Crippen LogP contribution in [0.4, 0.5) is 0 Å². The van der Waals surface area contributed by atoms with E-state index in [-0.39, 0.29) is 12.5 Å². The Kier molecular flexibility index (Phi) is 5.70. The van der Waals surface area contributed by atoms with Gasteiger partial charge in [0.25, 0.3) is 5.91 Å². The van der Waals surface area contributed by atoms with Crippen molar-refractivity contribution in [1.82, 2.24) is 9.80 Å². The molecule has 0 aliphatic rings. The van der Waals surface area contributed by atoms with Crippen LogP contribution in [0.3, 0.4) is 0 Å². The van der Waals surface area contributed by atoms with Crippen molar-refractivity contribution in [1.29, 1.82) is 0 Å². The van der Waals surface area contributed by atoms with Gasteiger partial charge < -0.3 is 14.9 Å². The molecule has 5 heteroatoms. The second-order valence-electron chi connectivity index (χ2n) is 5.19. The largest absolute Gasteiger partial charge is 0.480 e. The van der Waals surface area contributed by atoms with Crippen LogP contribution in [0.25, 0.3) is 0 Å². The molecule has 0 unspecified atom stereocenters. The number of amides is 1. The van der Waals surface area contributed by atoms with Gasteiger partial charge in [0.1, 0.15) is 6.54 Å². The molecule has 1 amide bonds. The number of rotatable bonds is 6. The van der Waals surface area contributed by atoms with E-state index in [9.17, 15) is 9.59 Å². The number of aliphatic carboxylic acids is 1. The predicted octanol–water partition coefficient (Wildman–Crippen LogP) is 1.39. The standard InChI is InChI=1S/C15H22N2O3/c1-11-6-5-7-12(2)14(11)15(20)17(10-13(18)19)9-8-16(3)4/h5-7H,8-10H2,1-4H3,(H,18,19). The molecular formula is C15H22N2O3. The molecule has 0 aromatic heterocycles. The Hall–Kier alpha value is -1.88. The first-order chi connectivity index (χ1) is 9.32. The van der Waals surface area contributed by atoms with E-state index in [1.54, 1.807) is 0 Å². The molecule has 0 atom stereocenters. The maximum absolute atomic E-state index is 12.6. The van der Waals surface area contributed by atoms with Crippen molar-refractivity contribution in [3.8, 4) is 0 Å². The number of likely N-dealkylation sites (N-methyl/N-ethyl adjacent to an activating group) is 1. The zero-order valence-corrected chi connectivity index (χ0v) is 12.5. The molecule has 1 N–H and O–H groups in total. The Balaban J connectivity index is 3.00. The fraction of sp³-hybridized carbons (Fsp3) is 0.467. The van der Waals surface area contributed by atoms with E-state index < -0.39 is 5.97 Å². The van der Waals surface area contributed by atoms with Crippen molar-refractivity contribution in [2.75, 3.05) is 33.7 Å². The van der Waals surface area contributed by atoms with Gasteiger partial charge in [0.15, 0.2) is 0 Å². The molecule has 0 aliphatic heterocycles. The lowest BCUT2D eigenvalue weighted by molar-refractivity contribution is -0.137. The average Bonchev–Trinajstić information content (AvgIpc) is 2.33. The molecule has 0 bridgehead atoms. The Morgan fingerprint density at radius 2 is 1.65 bits per heavy atom. The number of carboxylic acids is 1. The highest BCUT2D eigenvalue weighted by atomic mass is 16.4. The molecule has 0 saturated carbocycles. The lowest BCUT2D eigenvalue weighted by atomic mass is 10.0. The second-order valence-corrected chi connectivity index (χ2v) is 5.19. The molecule has 1 rings (SSSR count). The van der Waals surface area contributed by atoms with Crippen LogP contribution in [-0.4, -0.2) is 60.5 Å². The second kappa shape index (κ2) is 7.05. The van der Waals surface area contributed by atoms with Crippen molar-refractivity contribution in [2.24, 2.45) is 0 Å². The predicted molar refractivity (Wildman–Crippen MR) is 78.0 cm³/mol. The highest BCUT2D eigenvalue weighted by Crippen LogP contribution is 2.15. The summed E-state index contributed by atoms with van der Waals surface area (Å²) in [6.45, 7) is 4.48. The first-order valence-electron chi connectivity index (χ1n) is 6.55. The number of carbonyl (C=O) groups excluding carboxylic acids is 1. The summed E-state index contributed by atoms with van der Waals surface area (Å²) < 4.78 is 0.